The number of nitrogens with zero attached hydrogens (tertiary/aromatic N) is 1. The molecule has 3 nitrogen and oxygen atoms in total. The lowest BCUT2D eigenvalue weighted by molar-refractivity contribution is -0.165. The summed E-state index contributed by atoms with van der Waals surface area (Å²) in [5, 5.41) is 0. The van der Waals surface area contributed by atoms with Gasteiger partial charge in [0.15, 0.2) is 0 Å². The van der Waals surface area contributed by atoms with Gasteiger partial charge in [0, 0.05) is 13.0 Å². The van der Waals surface area contributed by atoms with Crippen LogP contribution in [0.4, 0.5) is 0 Å². The molecule has 1 saturated carbocycles. The first-order valence-electron chi connectivity index (χ1n) is 5.14. The highest BCUT2D eigenvalue weighted by molar-refractivity contribution is 6.03. The Morgan fingerprint density at radius 1 is 1.29 bits per heavy atom. The van der Waals surface area contributed by atoms with Crippen LogP contribution in [-0.4, -0.2) is 23.8 Å². The number of likely N-dealkylation sites (tertiary alicyclic amines) is 1. The molecule has 0 aromatic rings. The fourth-order valence-electron chi connectivity index (χ4n) is 3.02. The minimum atomic E-state index is -0.333. The number of carbonyl (C=O) groups is 2. The molecule has 0 spiro atoms. The summed E-state index contributed by atoms with van der Waals surface area (Å²) in [7, 11) is 1.61. The molecule has 0 radical (unpaired) electrons. The van der Waals surface area contributed by atoms with Crippen LogP contribution in [0.1, 0.15) is 33.6 Å². The zero-order valence-corrected chi connectivity index (χ0v) is 9.26. The molecule has 78 valence electrons. The lowest BCUT2D eigenvalue weighted by Gasteiger charge is -2.46. The Morgan fingerprint density at radius 3 is 2.43 bits per heavy atom. The largest absolute Gasteiger partial charge is 0.285 e. The van der Waals surface area contributed by atoms with Crippen LogP contribution < -0.4 is 0 Å². The quantitative estimate of drug-likeness (QED) is 0.548. The van der Waals surface area contributed by atoms with Gasteiger partial charge in [0.2, 0.25) is 11.8 Å². The van der Waals surface area contributed by atoms with Crippen molar-refractivity contribution in [1.82, 2.24) is 4.90 Å². The molecule has 2 amide bonds. The van der Waals surface area contributed by atoms with E-state index in [0.29, 0.717) is 0 Å². The van der Waals surface area contributed by atoms with Crippen molar-refractivity contribution in [1.29, 1.82) is 0 Å². The molecule has 0 N–H and O–H groups in total. The van der Waals surface area contributed by atoms with Crippen LogP contribution in [0.2, 0.25) is 0 Å². The van der Waals surface area contributed by atoms with E-state index >= 15 is 0 Å². The van der Waals surface area contributed by atoms with Crippen LogP contribution in [-0.2, 0) is 9.59 Å². The molecule has 2 fully saturated rings. The van der Waals surface area contributed by atoms with Gasteiger partial charge < -0.3 is 0 Å². The number of carbonyl (C=O) groups excluding carboxylic acids is 2. The molecule has 2 rings (SSSR count). The van der Waals surface area contributed by atoms with Crippen molar-refractivity contribution in [3.8, 4) is 0 Å². The first kappa shape index (κ1) is 9.69. The van der Waals surface area contributed by atoms with Crippen molar-refractivity contribution in [2.45, 2.75) is 33.6 Å². The van der Waals surface area contributed by atoms with Crippen LogP contribution in [0, 0.1) is 16.7 Å². The van der Waals surface area contributed by atoms with Gasteiger partial charge in [-0.15, -0.1) is 0 Å². The van der Waals surface area contributed by atoms with E-state index in [-0.39, 0.29) is 28.6 Å². The third-order valence-corrected chi connectivity index (χ3v) is 4.63. The molecule has 0 aromatic heterocycles. The monoisotopic (exact) mass is 195 g/mol. The minimum absolute atomic E-state index is 0.00116. The molecule has 2 bridgehead atoms. The van der Waals surface area contributed by atoms with Crippen molar-refractivity contribution in [2.24, 2.45) is 16.7 Å². The number of rotatable bonds is 0. The van der Waals surface area contributed by atoms with Crippen molar-refractivity contribution in [3.05, 3.63) is 0 Å². The predicted molar refractivity (Wildman–Crippen MR) is 52.4 cm³/mol. The minimum Gasteiger partial charge on any atom is -0.285 e. The average Bonchev–Trinajstić information content (AvgIpc) is 2.30. The van der Waals surface area contributed by atoms with Gasteiger partial charge in [-0.1, -0.05) is 20.8 Å². The molecule has 0 aromatic carbocycles. The van der Waals surface area contributed by atoms with E-state index in [1.807, 2.05) is 20.8 Å². The van der Waals surface area contributed by atoms with Gasteiger partial charge >= 0.3 is 0 Å². The lowest BCUT2D eigenvalue weighted by Crippen LogP contribution is -2.57. The first-order chi connectivity index (χ1) is 6.32. The van der Waals surface area contributed by atoms with Gasteiger partial charge in [0.1, 0.15) is 0 Å². The van der Waals surface area contributed by atoms with E-state index in [2.05, 4.69) is 0 Å². The second kappa shape index (κ2) is 2.38. The second-order valence-corrected chi connectivity index (χ2v) is 5.35. The lowest BCUT2D eigenvalue weighted by atomic mass is 9.62. The Labute approximate surface area is 84.5 Å². The maximum Gasteiger partial charge on any atom is 0.235 e. The average molecular weight is 195 g/mol. The molecular formula is C11H17NO2. The molecule has 1 saturated heterocycles. The number of amides is 2. The molecule has 2 atom stereocenters. The third-order valence-electron chi connectivity index (χ3n) is 4.63. The number of fused-ring (bicyclic) bond motifs is 2. The Morgan fingerprint density at radius 2 is 1.86 bits per heavy atom. The Balaban J connectivity index is 2.55. The van der Waals surface area contributed by atoms with Gasteiger partial charge in [0.05, 0.1) is 5.41 Å². The van der Waals surface area contributed by atoms with Crippen LogP contribution >= 0.6 is 0 Å². The van der Waals surface area contributed by atoms with Gasteiger partial charge in [-0.2, -0.15) is 0 Å². The summed E-state index contributed by atoms with van der Waals surface area (Å²) in [4.78, 5) is 25.2. The first-order valence-corrected chi connectivity index (χ1v) is 5.14. The summed E-state index contributed by atoms with van der Waals surface area (Å²) in [6.07, 6.45) is 1.71. The van der Waals surface area contributed by atoms with E-state index in [0.717, 1.165) is 12.8 Å². The number of hydrogen-bond acceptors (Lipinski definition) is 2. The van der Waals surface area contributed by atoms with Gasteiger partial charge in [0.25, 0.3) is 0 Å². The summed E-state index contributed by atoms with van der Waals surface area (Å²) >= 11 is 0. The van der Waals surface area contributed by atoms with E-state index in [9.17, 15) is 9.59 Å². The molecule has 3 heteroatoms. The fraction of sp³-hybridized carbons (Fsp3) is 0.818. The molecule has 1 aliphatic heterocycles. The summed E-state index contributed by atoms with van der Waals surface area (Å²) in [6.45, 7) is 6.10. The molecule has 1 aliphatic carbocycles. The van der Waals surface area contributed by atoms with Crippen molar-refractivity contribution in [2.75, 3.05) is 7.05 Å². The SMILES string of the molecule is CN1C(=O)C2CCC(C)(C1=O)C2(C)C. The maximum absolute atomic E-state index is 12.0. The maximum atomic E-state index is 12.0. The number of hydrogen-bond donors (Lipinski definition) is 0. The Bertz CT molecular complexity index is 321. The fourth-order valence-corrected chi connectivity index (χ4v) is 3.02. The molecular weight excluding hydrogens is 178 g/mol. The van der Waals surface area contributed by atoms with E-state index in [4.69, 9.17) is 0 Å². The van der Waals surface area contributed by atoms with Crippen molar-refractivity contribution < 1.29 is 9.59 Å². The predicted octanol–water partition coefficient (Wildman–Crippen LogP) is 1.43. The topological polar surface area (TPSA) is 37.4 Å². The standard InChI is InChI=1S/C11H17NO2/c1-10(2)7-5-6-11(10,3)9(14)12(4)8(7)13/h7H,5-6H2,1-4H3. The van der Waals surface area contributed by atoms with Gasteiger partial charge in [-0.25, -0.2) is 0 Å². The molecule has 14 heavy (non-hydrogen) atoms. The Hall–Kier alpha value is -0.860. The summed E-state index contributed by atoms with van der Waals surface area (Å²) in [6, 6.07) is 0. The smallest absolute Gasteiger partial charge is 0.235 e. The highest BCUT2D eigenvalue weighted by Gasteiger charge is 2.63. The van der Waals surface area contributed by atoms with E-state index < -0.39 is 0 Å². The number of imide groups is 1. The summed E-state index contributed by atoms with van der Waals surface area (Å²) in [5.74, 6) is 0.0476. The van der Waals surface area contributed by atoms with Crippen LogP contribution in [0.3, 0.4) is 0 Å². The van der Waals surface area contributed by atoms with Crippen LogP contribution in [0.15, 0.2) is 0 Å². The van der Waals surface area contributed by atoms with E-state index in [1.165, 1.54) is 4.90 Å². The van der Waals surface area contributed by atoms with Gasteiger partial charge in [-0.05, 0) is 18.3 Å². The van der Waals surface area contributed by atoms with Gasteiger partial charge in [-0.3, -0.25) is 14.5 Å². The Kier molecular flexibility index (Phi) is 1.65. The number of piperidine rings is 1. The summed E-state index contributed by atoms with van der Waals surface area (Å²) < 4.78 is 0. The highest BCUT2D eigenvalue weighted by Crippen LogP contribution is 2.59. The summed E-state index contributed by atoms with van der Waals surface area (Å²) in [5.41, 5.74) is -0.506. The normalized spacial score (nSPS) is 40.6. The van der Waals surface area contributed by atoms with Crippen LogP contribution in [0.5, 0.6) is 0 Å². The molecule has 1 heterocycles. The van der Waals surface area contributed by atoms with Crippen molar-refractivity contribution in [3.63, 3.8) is 0 Å². The molecule has 2 unspecified atom stereocenters. The highest BCUT2D eigenvalue weighted by atomic mass is 16.2. The zero-order valence-electron chi connectivity index (χ0n) is 9.26. The zero-order chi connectivity index (χ0) is 10.7. The van der Waals surface area contributed by atoms with E-state index in [1.54, 1.807) is 7.05 Å². The van der Waals surface area contributed by atoms with Crippen molar-refractivity contribution >= 4 is 11.8 Å². The third kappa shape index (κ3) is 0.787. The van der Waals surface area contributed by atoms with Crippen LogP contribution in [0.25, 0.3) is 0 Å². The molecule has 2 aliphatic rings. The second-order valence-electron chi connectivity index (χ2n) is 5.35.